The molecule has 0 radical (unpaired) electrons. The van der Waals surface area contributed by atoms with Gasteiger partial charge in [-0.25, -0.2) is 9.59 Å². The highest BCUT2D eigenvalue weighted by Gasteiger charge is 2.54. The number of hydrogen-bond acceptors (Lipinski definition) is 8. The van der Waals surface area contributed by atoms with E-state index in [4.69, 9.17) is 9.47 Å². The fraction of sp³-hybridized carbons (Fsp3) is 0.160. The van der Waals surface area contributed by atoms with Crippen LogP contribution in [0.4, 0.5) is 0 Å². The Balaban J connectivity index is 1.83. The molecule has 3 N–H and O–H groups in total. The Hall–Kier alpha value is -4.53. The lowest BCUT2D eigenvalue weighted by Gasteiger charge is -2.36. The molecule has 5 rings (SSSR count). The number of carbonyl (C=O) groups excluding carboxylic acids is 2. The number of benzene rings is 3. The molecular weight excluding hydrogens is 444 g/mol. The number of aryl methyl sites for hydroxylation is 1. The molecule has 2 heterocycles. The Morgan fingerprint density at radius 2 is 1.56 bits per heavy atom. The van der Waals surface area contributed by atoms with Gasteiger partial charge in [0.1, 0.15) is 23.0 Å². The molecular formula is C25H18O9. The van der Waals surface area contributed by atoms with Crippen LogP contribution >= 0.6 is 0 Å². The van der Waals surface area contributed by atoms with E-state index < -0.39 is 23.5 Å². The average Bonchev–Trinajstić information content (AvgIpc) is 3.09. The number of ether oxygens (including phenoxy) is 3. The number of carbonyl (C=O) groups is 3. The molecule has 3 aromatic carbocycles. The first kappa shape index (κ1) is 21.3. The molecule has 0 atom stereocenters. The summed E-state index contributed by atoms with van der Waals surface area (Å²) in [6.07, 6.45) is -0.00695. The summed E-state index contributed by atoms with van der Waals surface area (Å²) in [5.41, 5.74) is -0.206. The summed E-state index contributed by atoms with van der Waals surface area (Å²) in [5, 5.41) is 29.8. The molecule has 0 amide bonds. The number of aromatic carboxylic acids is 1. The minimum atomic E-state index is -1.60. The fourth-order valence-electron chi connectivity index (χ4n) is 4.56. The van der Waals surface area contributed by atoms with Crippen molar-refractivity contribution in [1.29, 1.82) is 0 Å². The van der Waals surface area contributed by atoms with Gasteiger partial charge < -0.3 is 29.5 Å². The van der Waals surface area contributed by atoms with Gasteiger partial charge in [-0.1, -0.05) is 0 Å². The molecule has 9 nitrogen and oxygen atoms in total. The molecule has 1 spiro atoms. The molecule has 0 saturated heterocycles. The molecule has 34 heavy (non-hydrogen) atoms. The van der Waals surface area contributed by atoms with E-state index in [1.54, 1.807) is 0 Å². The SMILES string of the molecule is COC(=O)CCc1cc(C(=O)O)cc2c1C(=O)OC21c2ccc(O)cc2Oc2cc(O)ccc21. The van der Waals surface area contributed by atoms with Gasteiger partial charge in [0.25, 0.3) is 0 Å². The molecule has 0 fully saturated rings. The van der Waals surface area contributed by atoms with Crippen LogP contribution in [0.1, 0.15) is 49.4 Å². The number of phenolic OH excluding ortho intramolecular Hbond substituents is 2. The van der Waals surface area contributed by atoms with E-state index in [0.717, 1.165) is 0 Å². The highest BCUT2D eigenvalue weighted by molar-refractivity contribution is 6.01. The Morgan fingerprint density at radius 1 is 0.941 bits per heavy atom. The number of phenols is 2. The third-order valence-corrected chi connectivity index (χ3v) is 6.03. The number of hydrogen-bond donors (Lipinski definition) is 3. The van der Waals surface area contributed by atoms with Crippen LogP contribution in [0.5, 0.6) is 23.0 Å². The highest BCUT2D eigenvalue weighted by atomic mass is 16.6. The van der Waals surface area contributed by atoms with Gasteiger partial charge in [-0.3, -0.25) is 4.79 Å². The summed E-state index contributed by atoms with van der Waals surface area (Å²) in [6, 6.07) is 11.3. The van der Waals surface area contributed by atoms with Crippen LogP contribution in [-0.4, -0.2) is 40.3 Å². The molecule has 0 aliphatic carbocycles. The van der Waals surface area contributed by atoms with Crippen molar-refractivity contribution in [1.82, 2.24) is 0 Å². The van der Waals surface area contributed by atoms with E-state index >= 15 is 0 Å². The van der Waals surface area contributed by atoms with Crippen molar-refractivity contribution in [2.24, 2.45) is 0 Å². The van der Waals surface area contributed by atoms with Crippen LogP contribution in [0, 0.1) is 0 Å². The number of fused-ring (bicyclic) bond motifs is 6. The van der Waals surface area contributed by atoms with Gasteiger partial charge in [-0.05, 0) is 48.4 Å². The number of methoxy groups -OCH3 is 1. The van der Waals surface area contributed by atoms with Crippen molar-refractivity contribution in [3.63, 3.8) is 0 Å². The Labute approximate surface area is 192 Å². The second-order valence-corrected chi connectivity index (χ2v) is 7.97. The Kier molecular flexibility index (Phi) is 4.71. The van der Waals surface area contributed by atoms with Crippen molar-refractivity contribution in [3.05, 3.63) is 81.9 Å². The number of carboxylic acid groups (broad SMARTS) is 1. The zero-order chi connectivity index (χ0) is 24.2. The number of aromatic hydroxyl groups is 2. The fourth-order valence-corrected chi connectivity index (χ4v) is 4.56. The first-order chi connectivity index (χ1) is 16.2. The van der Waals surface area contributed by atoms with E-state index in [-0.39, 0.29) is 52.5 Å². The maximum absolute atomic E-state index is 13.3. The minimum absolute atomic E-state index is 0.0582. The monoisotopic (exact) mass is 462 g/mol. The summed E-state index contributed by atoms with van der Waals surface area (Å²) in [6.45, 7) is 0. The predicted molar refractivity (Wildman–Crippen MR) is 115 cm³/mol. The summed E-state index contributed by atoms with van der Waals surface area (Å²) < 4.78 is 16.6. The minimum Gasteiger partial charge on any atom is -0.508 e. The standard InChI is InChI=1S/C25H18O9/c1-32-21(28)7-2-12-8-13(23(29)30)9-18-22(12)24(31)34-25(18)16-5-3-14(26)10-19(16)33-20-11-15(27)4-6-17(20)25/h3-6,8-11,26-27H,2,7H2,1H3,(H,29,30). The quantitative estimate of drug-likeness (QED) is 0.497. The third-order valence-electron chi connectivity index (χ3n) is 6.03. The van der Waals surface area contributed by atoms with Crippen LogP contribution in [0.3, 0.4) is 0 Å². The first-order valence-corrected chi connectivity index (χ1v) is 10.3. The topological polar surface area (TPSA) is 140 Å². The summed E-state index contributed by atoms with van der Waals surface area (Å²) in [5.74, 6) is -2.28. The van der Waals surface area contributed by atoms with Gasteiger partial charge in [-0.2, -0.15) is 0 Å². The van der Waals surface area contributed by atoms with Crippen LogP contribution in [-0.2, 0) is 26.3 Å². The van der Waals surface area contributed by atoms with E-state index in [0.29, 0.717) is 16.7 Å². The summed E-state index contributed by atoms with van der Waals surface area (Å²) in [4.78, 5) is 37.0. The average molecular weight is 462 g/mol. The van der Waals surface area contributed by atoms with Gasteiger partial charge in [0.15, 0.2) is 5.60 Å². The van der Waals surface area contributed by atoms with Crippen LogP contribution in [0.15, 0.2) is 48.5 Å². The first-order valence-electron chi connectivity index (χ1n) is 10.3. The predicted octanol–water partition coefficient (Wildman–Crippen LogP) is 3.47. The van der Waals surface area contributed by atoms with Gasteiger partial charge in [0.2, 0.25) is 0 Å². The summed E-state index contributed by atoms with van der Waals surface area (Å²) in [7, 11) is 1.24. The van der Waals surface area contributed by atoms with E-state index in [1.165, 1.54) is 55.6 Å². The van der Waals surface area contributed by atoms with Crippen molar-refractivity contribution in [2.75, 3.05) is 7.11 Å². The van der Waals surface area contributed by atoms with E-state index in [1.807, 2.05) is 0 Å². The van der Waals surface area contributed by atoms with Crippen LogP contribution in [0.25, 0.3) is 0 Å². The lowest BCUT2D eigenvalue weighted by atomic mass is 9.76. The van der Waals surface area contributed by atoms with Crippen molar-refractivity contribution in [3.8, 4) is 23.0 Å². The van der Waals surface area contributed by atoms with E-state index in [2.05, 4.69) is 4.74 Å². The third kappa shape index (κ3) is 3.05. The van der Waals surface area contributed by atoms with Crippen molar-refractivity contribution in [2.45, 2.75) is 18.4 Å². The molecule has 9 heteroatoms. The molecule has 0 unspecified atom stereocenters. The normalized spacial score (nSPS) is 14.4. The number of rotatable bonds is 4. The van der Waals surface area contributed by atoms with Gasteiger partial charge in [-0.15, -0.1) is 0 Å². The second kappa shape index (κ2) is 7.51. The summed E-state index contributed by atoms with van der Waals surface area (Å²) >= 11 is 0. The highest BCUT2D eigenvalue weighted by Crippen LogP contribution is 2.57. The van der Waals surface area contributed by atoms with Gasteiger partial charge in [0, 0.05) is 35.2 Å². The van der Waals surface area contributed by atoms with Crippen molar-refractivity contribution >= 4 is 17.9 Å². The van der Waals surface area contributed by atoms with Crippen molar-refractivity contribution < 1.29 is 43.9 Å². The number of carboxylic acids is 1. The molecule has 2 aliphatic rings. The molecule has 172 valence electrons. The second-order valence-electron chi connectivity index (χ2n) is 7.97. The zero-order valence-corrected chi connectivity index (χ0v) is 17.8. The Morgan fingerprint density at radius 3 is 2.12 bits per heavy atom. The van der Waals surface area contributed by atoms with Gasteiger partial charge in [0.05, 0.1) is 18.2 Å². The lowest BCUT2D eigenvalue weighted by molar-refractivity contribution is -0.140. The number of esters is 2. The van der Waals surface area contributed by atoms with Gasteiger partial charge >= 0.3 is 17.9 Å². The Bertz CT molecular complexity index is 1340. The molecule has 0 bridgehead atoms. The van der Waals surface area contributed by atoms with E-state index in [9.17, 15) is 29.7 Å². The largest absolute Gasteiger partial charge is 0.508 e. The molecule has 2 aliphatic heterocycles. The molecule has 3 aromatic rings. The molecule has 0 saturated carbocycles. The smallest absolute Gasteiger partial charge is 0.340 e. The lowest BCUT2D eigenvalue weighted by Crippen LogP contribution is -2.33. The molecule has 0 aromatic heterocycles. The maximum atomic E-state index is 13.3. The van der Waals surface area contributed by atoms with Crippen LogP contribution in [0.2, 0.25) is 0 Å². The maximum Gasteiger partial charge on any atom is 0.340 e. The zero-order valence-electron chi connectivity index (χ0n) is 17.8. The van der Waals surface area contributed by atoms with Crippen LogP contribution < -0.4 is 4.74 Å².